The maximum Gasteiger partial charge on any atom is 0.259 e. The molecule has 2 aromatic rings. The van der Waals surface area contributed by atoms with Gasteiger partial charge in [0.1, 0.15) is 5.82 Å². The van der Waals surface area contributed by atoms with E-state index in [4.69, 9.17) is 11.6 Å². The van der Waals surface area contributed by atoms with Crippen LogP contribution in [0.2, 0.25) is 5.02 Å². The number of hydrogen-bond acceptors (Lipinski definition) is 4. The lowest BCUT2D eigenvalue weighted by atomic mass is 10.2. The van der Waals surface area contributed by atoms with Crippen molar-refractivity contribution in [2.45, 2.75) is 13.3 Å². The molecule has 0 fully saturated rings. The zero-order chi connectivity index (χ0) is 15.2. The second-order valence-electron chi connectivity index (χ2n) is 4.55. The molecular formula is C15H17ClN4O. The van der Waals surface area contributed by atoms with Crippen LogP contribution in [0.3, 0.4) is 0 Å². The number of carbonyl (C=O) groups is 1. The molecule has 0 bridgehead atoms. The summed E-state index contributed by atoms with van der Waals surface area (Å²) in [6.45, 7) is 2.86. The van der Waals surface area contributed by atoms with Crippen molar-refractivity contribution in [2.24, 2.45) is 0 Å². The number of halogens is 1. The van der Waals surface area contributed by atoms with Gasteiger partial charge in [-0.3, -0.25) is 9.78 Å². The molecule has 0 radical (unpaired) electrons. The van der Waals surface area contributed by atoms with E-state index in [0.717, 1.165) is 18.7 Å². The highest BCUT2D eigenvalue weighted by molar-refractivity contribution is 6.34. The fourth-order valence-corrected chi connectivity index (χ4v) is 2.00. The van der Waals surface area contributed by atoms with Crippen molar-refractivity contribution in [1.82, 2.24) is 9.97 Å². The van der Waals surface area contributed by atoms with E-state index in [0.29, 0.717) is 16.4 Å². The average molecular weight is 305 g/mol. The number of aromatic nitrogens is 2. The van der Waals surface area contributed by atoms with Gasteiger partial charge in [-0.15, -0.1) is 0 Å². The molecule has 2 rings (SSSR count). The Morgan fingerprint density at radius 2 is 2.10 bits per heavy atom. The third-order valence-electron chi connectivity index (χ3n) is 3.00. The van der Waals surface area contributed by atoms with Crippen molar-refractivity contribution < 1.29 is 4.79 Å². The van der Waals surface area contributed by atoms with Gasteiger partial charge in [0, 0.05) is 37.9 Å². The molecule has 0 aliphatic rings. The number of hydrogen-bond donors (Lipinski definition) is 1. The zero-order valence-electron chi connectivity index (χ0n) is 12.0. The van der Waals surface area contributed by atoms with E-state index >= 15 is 0 Å². The van der Waals surface area contributed by atoms with Gasteiger partial charge in [0.15, 0.2) is 0 Å². The van der Waals surface area contributed by atoms with E-state index < -0.39 is 0 Å². The molecule has 110 valence electrons. The summed E-state index contributed by atoms with van der Waals surface area (Å²) in [5.74, 6) is 0.459. The standard InChI is InChI=1S/C15H17ClN4O/c1-3-6-18-14-9-12(13(16)10-19-14)15(21)20(2)11-4-7-17-8-5-11/h4-5,7-10H,3,6H2,1-2H3,(H,18,19). The quantitative estimate of drug-likeness (QED) is 0.921. The summed E-state index contributed by atoms with van der Waals surface area (Å²) in [6.07, 6.45) is 5.75. The van der Waals surface area contributed by atoms with Gasteiger partial charge in [-0.1, -0.05) is 18.5 Å². The van der Waals surface area contributed by atoms with Crippen LogP contribution in [0, 0.1) is 0 Å². The molecule has 6 heteroatoms. The van der Waals surface area contributed by atoms with Crippen molar-refractivity contribution >= 4 is 29.0 Å². The molecule has 5 nitrogen and oxygen atoms in total. The van der Waals surface area contributed by atoms with Crippen LogP contribution in [0.15, 0.2) is 36.8 Å². The van der Waals surface area contributed by atoms with Crippen molar-refractivity contribution in [2.75, 3.05) is 23.8 Å². The first kappa shape index (κ1) is 15.3. The van der Waals surface area contributed by atoms with E-state index in [-0.39, 0.29) is 5.91 Å². The summed E-state index contributed by atoms with van der Waals surface area (Å²) in [6, 6.07) is 5.21. The third-order valence-corrected chi connectivity index (χ3v) is 3.30. The van der Waals surface area contributed by atoms with E-state index in [1.54, 1.807) is 37.6 Å². The van der Waals surface area contributed by atoms with Crippen LogP contribution in [-0.2, 0) is 0 Å². The minimum Gasteiger partial charge on any atom is -0.370 e. The van der Waals surface area contributed by atoms with Crippen LogP contribution in [0.1, 0.15) is 23.7 Å². The molecule has 2 heterocycles. The maximum absolute atomic E-state index is 12.6. The summed E-state index contributed by atoms with van der Waals surface area (Å²) >= 11 is 6.11. The first-order valence-electron chi connectivity index (χ1n) is 6.71. The molecule has 0 aliphatic heterocycles. The highest BCUT2D eigenvalue weighted by Crippen LogP contribution is 2.22. The number of pyridine rings is 2. The SMILES string of the molecule is CCCNc1cc(C(=O)N(C)c2ccncc2)c(Cl)cn1. The van der Waals surface area contributed by atoms with E-state index in [1.807, 2.05) is 0 Å². The Balaban J connectivity index is 2.25. The van der Waals surface area contributed by atoms with Crippen LogP contribution in [-0.4, -0.2) is 29.5 Å². The van der Waals surface area contributed by atoms with Gasteiger partial charge in [0.05, 0.1) is 10.6 Å². The molecule has 0 aliphatic carbocycles. The van der Waals surface area contributed by atoms with Gasteiger partial charge in [0.2, 0.25) is 0 Å². The lowest BCUT2D eigenvalue weighted by molar-refractivity contribution is 0.0993. The van der Waals surface area contributed by atoms with Gasteiger partial charge in [-0.05, 0) is 24.6 Å². The van der Waals surface area contributed by atoms with Crippen LogP contribution < -0.4 is 10.2 Å². The van der Waals surface area contributed by atoms with Gasteiger partial charge < -0.3 is 10.2 Å². The molecule has 0 atom stereocenters. The monoisotopic (exact) mass is 304 g/mol. The Kier molecular flexibility index (Phi) is 5.11. The Bertz CT molecular complexity index is 618. The lowest BCUT2D eigenvalue weighted by Crippen LogP contribution is -2.26. The minimum absolute atomic E-state index is 0.187. The normalized spacial score (nSPS) is 10.2. The fourth-order valence-electron chi connectivity index (χ4n) is 1.82. The molecule has 2 aromatic heterocycles. The predicted octanol–water partition coefficient (Wildman–Crippen LogP) is 3.23. The number of nitrogens with zero attached hydrogens (tertiary/aromatic N) is 3. The Morgan fingerprint density at radius 3 is 2.76 bits per heavy atom. The van der Waals surface area contributed by atoms with Crippen LogP contribution >= 0.6 is 11.6 Å². The molecule has 0 aromatic carbocycles. The predicted molar refractivity (Wildman–Crippen MR) is 85.0 cm³/mol. The van der Waals surface area contributed by atoms with Gasteiger partial charge in [-0.2, -0.15) is 0 Å². The van der Waals surface area contributed by atoms with E-state index in [2.05, 4.69) is 22.2 Å². The second kappa shape index (κ2) is 7.04. The Labute approximate surface area is 129 Å². The first-order valence-corrected chi connectivity index (χ1v) is 7.08. The van der Waals surface area contributed by atoms with E-state index in [1.165, 1.54) is 11.1 Å². The fraction of sp³-hybridized carbons (Fsp3) is 0.267. The molecule has 1 amide bonds. The van der Waals surface area contributed by atoms with E-state index in [9.17, 15) is 4.79 Å². The summed E-state index contributed by atoms with van der Waals surface area (Å²) < 4.78 is 0. The summed E-state index contributed by atoms with van der Waals surface area (Å²) in [5.41, 5.74) is 1.18. The van der Waals surface area contributed by atoms with Gasteiger partial charge in [0.25, 0.3) is 5.91 Å². The first-order chi connectivity index (χ1) is 10.1. The lowest BCUT2D eigenvalue weighted by Gasteiger charge is -2.18. The van der Waals surface area contributed by atoms with Crippen molar-refractivity contribution in [3.8, 4) is 0 Å². The number of rotatable bonds is 5. The molecule has 0 saturated carbocycles. The van der Waals surface area contributed by atoms with Crippen molar-refractivity contribution in [1.29, 1.82) is 0 Å². The minimum atomic E-state index is -0.187. The number of carbonyl (C=O) groups excluding carboxylic acids is 1. The number of anilines is 2. The molecule has 0 spiro atoms. The van der Waals surface area contributed by atoms with Crippen LogP contribution in [0.25, 0.3) is 0 Å². The number of nitrogens with one attached hydrogen (secondary N) is 1. The molecule has 0 unspecified atom stereocenters. The topological polar surface area (TPSA) is 58.1 Å². The van der Waals surface area contributed by atoms with Gasteiger partial charge >= 0.3 is 0 Å². The van der Waals surface area contributed by atoms with Crippen molar-refractivity contribution in [3.63, 3.8) is 0 Å². The summed E-state index contributed by atoms with van der Waals surface area (Å²) in [7, 11) is 1.70. The molecular weight excluding hydrogens is 288 g/mol. The zero-order valence-corrected chi connectivity index (χ0v) is 12.8. The van der Waals surface area contributed by atoms with Crippen molar-refractivity contribution in [3.05, 3.63) is 47.4 Å². The molecule has 1 N–H and O–H groups in total. The highest BCUT2D eigenvalue weighted by atomic mass is 35.5. The summed E-state index contributed by atoms with van der Waals surface area (Å²) in [5, 5.41) is 3.48. The van der Waals surface area contributed by atoms with Crippen LogP contribution in [0.5, 0.6) is 0 Å². The largest absolute Gasteiger partial charge is 0.370 e. The second-order valence-corrected chi connectivity index (χ2v) is 4.95. The Hall–Kier alpha value is -2.14. The molecule has 21 heavy (non-hydrogen) atoms. The maximum atomic E-state index is 12.6. The highest BCUT2D eigenvalue weighted by Gasteiger charge is 2.17. The summed E-state index contributed by atoms with van der Waals surface area (Å²) in [4.78, 5) is 22.2. The van der Waals surface area contributed by atoms with Gasteiger partial charge in [-0.25, -0.2) is 4.98 Å². The molecule has 0 saturated heterocycles. The number of amides is 1. The third kappa shape index (κ3) is 3.70. The smallest absolute Gasteiger partial charge is 0.259 e. The van der Waals surface area contributed by atoms with Crippen LogP contribution in [0.4, 0.5) is 11.5 Å². The Morgan fingerprint density at radius 1 is 1.38 bits per heavy atom. The average Bonchev–Trinajstić information content (AvgIpc) is 2.53.